The number of hydrogen-bond acceptors (Lipinski definition) is 4. The average Bonchev–Trinajstić information content (AvgIpc) is 2.68. The minimum absolute atomic E-state index is 0.00164. The first kappa shape index (κ1) is 37.7. The van der Waals surface area contributed by atoms with Crippen LogP contribution < -0.4 is 14.7 Å². The third-order valence-corrected chi connectivity index (χ3v) is 6.10. The highest BCUT2D eigenvalue weighted by atomic mass is 32.2. The van der Waals surface area contributed by atoms with Crippen molar-refractivity contribution in [2.75, 3.05) is 32.4 Å². The van der Waals surface area contributed by atoms with Crippen molar-refractivity contribution in [2.45, 2.75) is 69.7 Å². The highest BCUT2D eigenvalue weighted by Gasteiger charge is 2.74. The number of quaternary nitrogens is 1. The van der Waals surface area contributed by atoms with E-state index >= 15 is 0 Å². The number of carbonyl (C=O) groups excluding carboxylic acids is 1. The molecule has 0 aromatic heterocycles. The van der Waals surface area contributed by atoms with E-state index in [0.29, 0.717) is 4.90 Å². The van der Waals surface area contributed by atoms with Crippen molar-refractivity contribution in [3.8, 4) is 0 Å². The summed E-state index contributed by atoms with van der Waals surface area (Å²) in [6.07, 6.45) is -28.0. The minimum atomic E-state index is -6.89. The Bertz CT molecular complexity index is 784. The molecule has 0 saturated heterocycles. The summed E-state index contributed by atoms with van der Waals surface area (Å²) < 4.78 is 181. The summed E-state index contributed by atoms with van der Waals surface area (Å²) in [6.45, 7) is 3.26. The number of alkyl halides is 12. The smallest absolute Gasteiger partial charge is 0.431 e. The zero-order valence-corrected chi connectivity index (χ0v) is 20.6. The van der Waals surface area contributed by atoms with Gasteiger partial charge in [-0.1, -0.05) is 13.8 Å². The standard InChI is InChI=1S/C16H22F12N2O4S.C2H6/c1-30(9-11(31)32)5-2-4-29-35(33,34)6-3-12(17,18)7-10(14(20,21)22)8-13(19,15(23,24)25)16(26,27)28;1-2/h10,29H,2-9H2,1H3,(H,31,32);1-2H3. The van der Waals surface area contributed by atoms with Crippen LogP contribution in [-0.2, 0) is 14.8 Å². The van der Waals surface area contributed by atoms with Crippen LogP contribution in [0, 0.1) is 5.92 Å². The lowest BCUT2D eigenvalue weighted by molar-refractivity contribution is -0.873. The van der Waals surface area contributed by atoms with E-state index in [2.05, 4.69) is 0 Å². The predicted molar refractivity (Wildman–Crippen MR) is 104 cm³/mol. The first-order valence-electron chi connectivity index (χ1n) is 10.6. The Hall–Kier alpha value is -1.50. The summed E-state index contributed by atoms with van der Waals surface area (Å²) in [6, 6.07) is 0. The zero-order chi connectivity index (χ0) is 30.1. The molecule has 224 valence electrons. The van der Waals surface area contributed by atoms with E-state index in [1.54, 1.807) is 4.72 Å². The zero-order valence-electron chi connectivity index (χ0n) is 19.8. The third kappa shape index (κ3) is 13.7. The van der Waals surface area contributed by atoms with Crippen LogP contribution >= 0.6 is 0 Å². The molecule has 0 heterocycles. The molecule has 0 aliphatic rings. The van der Waals surface area contributed by atoms with Gasteiger partial charge in [0.15, 0.2) is 0 Å². The molecule has 0 aromatic rings. The van der Waals surface area contributed by atoms with Gasteiger partial charge in [0.1, 0.15) is 6.54 Å². The van der Waals surface area contributed by atoms with Crippen LogP contribution in [0.4, 0.5) is 52.7 Å². The van der Waals surface area contributed by atoms with E-state index in [9.17, 15) is 71.0 Å². The molecule has 0 spiro atoms. The number of hydrogen-bond donors (Lipinski definition) is 2. The molecule has 0 amide bonds. The molecular formula is C18H28F12N2O4S. The van der Waals surface area contributed by atoms with E-state index in [1.165, 1.54) is 7.05 Å². The van der Waals surface area contributed by atoms with Crippen LogP contribution in [0.25, 0.3) is 0 Å². The van der Waals surface area contributed by atoms with Gasteiger partial charge in [0, 0.05) is 32.2 Å². The summed E-state index contributed by atoms with van der Waals surface area (Å²) in [5.41, 5.74) is -6.43. The Balaban J connectivity index is 0. The lowest BCUT2D eigenvalue weighted by Crippen LogP contribution is -3.10. The highest BCUT2D eigenvalue weighted by Crippen LogP contribution is 2.53. The predicted octanol–water partition coefficient (Wildman–Crippen LogP) is 2.40. The van der Waals surface area contributed by atoms with Crippen molar-refractivity contribution < 1.29 is 75.9 Å². The molecule has 6 nitrogen and oxygen atoms in total. The molecule has 0 saturated carbocycles. The van der Waals surface area contributed by atoms with Crippen molar-refractivity contribution in [2.24, 2.45) is 5.92 Å². The first-order valence-corrected chi connectivity index (χ1v) is 12.2. The molecule has 2 atom stereocenters. The topological polar surface area (TPSA) is 90.7 Å². The first-order chi connectivity index (χ1) is 16.3. The Labute approximate surface area is 205 Å². The van der Waals surface area contributed by atoms with Gasteiger partial charge in [-0.3, -0.25) is 0 Å². The fraction of sp³-hybridized carbons (Fsp3) is 0.944. The number of halogens is 12. The van der Waals surface area contributed by atoms with Crippen LogP contribution in [-0.4, -0.2) is 76.9 Å². The molecule has 0 aromatic carbocycles. The van der Waals surface area contributed by atoms with E-state index in [4.69, 9.17) is 0 Å². The number of sulfonamides is 1. The van der Waals surface area contributed by atoms with Gasteiger partial charge in [-0.05, 0) is 0 Å². The van der Waals surface area contributed by atoms with Gasteiger partial charge < -0.3 is 14.8 Å². The second-order valence-electron chi connectivity index (χ2n) is 7.87. The van der Waals surface area contributed by atoms with Gasteiger partial charge in [0.05, 0.1) is 31.2 Å². The number of likely N-dealkylation sites (N-methyl/N-ethyl adjacent to an activating group) is 1. The van der Waals surface area contributed by atoms with E-state index in [1.807, 2.05) is 13.8 Å². The summed E-state index contributed by atoms with van der Waals surface area (Å²) in [4.78, 5) is 10.8. The van der Waals surface area contributed by atoms with Gasteiger partial charge in [0.2, 0.25) is 15.9 Å². The van der Waals surface area contributed by atoms with Crippen molar-refractivity contribution >= 4 is 16.0 Å². The molecule has 37 heavy (non-hydrogen) atoms. The summed E-state index contributed by atoms with van der Waals surface area (Å²) in [5, 5.41) is 10.4. The molecule has 2 unspecified atom stereocenters. The molecule has 0 radical (unpaired) electrons. The molecule has 0 fully saturated rings. The quantitative estimate of drug-likeness (QED) is 0.238. The number of rotatable bonds is 14. The van der Waals surface area contributed by atoms with Gasteiger partial charge >= 0.3 is 18.5 Å². The average molecular weight is 596 g/mol. The number of nitrogens with one attached hydrogen (secondary N) is 2. The molecular weight excluding hydrogens is 568 g/mol. The Kier molecular flexibility index (Phi) is 14.3. The lowest BCUT2D eigenvalue weighted by atomic mass is 9.86. The number of carboxylic acid groups (broad SMARTS) is 1. The second-order valence-corrected chi connectivity index (χ2v) is 9.80. The molecule has 0 bridgehead atoms. The summed E-state index contributed by atoms with van der Waals surface area (Å²) in [7, 11) is -3.16. The fourth-order valence-electron chi connectivity index (χ4n) is 2.81. The minimum Gasteiger partial charge on any atom is -0.544 e. The van der Waals surface area contributed by atoms with E-state index in [-0.39, 0.29) is 13.0 Å². The maximum absolute atomic E-state index is 14.0. The molecule has 0 aliphatic heterocycles. The van der Waals surface area contributed by atoms with Gasteiger partial charge in [-0.15, -0.1) is 0 Å². The van der Waals surface area contributed by atoms with Crippen LogP contribution in [0.2, 0.25) is 0 Å². The van der Waals surface area contributed by atoms with Crippen LogP contribution in [0.15, 0.2) is 0 Å². The van der Waals surface area contributed by atoms with Gasteiger partial charge in [0.25, 0.3) is 5.67 Å². The number of carboxylic acids is 1. The highest BCUT2D eigenvalue weighted by molar-refractivity contribution is 7.89. The van der Waals surface area contributed by atoms with Crippen molar-refractivity contribution in [3.05, 3.63) is 0 Å². The lowest BCUT2D eigenvalue weighted by Gasteiger charge is -2.34. The largest absolute Gasteiger partial charge is 0.544 e. The SMILES string of the molecule is CC.C[NH+](CCCNS(=O)(=O)CCC(F)(F)CC(CC(F)(C(F)(F)F)C(F)(F)F)C(F)(F)F)CC(=O)[O-]. The molecule has 0 rings (SSSR count). The van der Waals surface area contributed by atoms with Crippen molar-refractivity contribution in [1.29, 1.82) is 0 Å². The van der Waals surface area contributed by atoms with Crippen molar-refractivity contribution in [1.82, 2.24) is 4.72 Å². The van der Waals surface area contributed by atoms with Gasteiger partial charge in [-0.2, -0.15) is 39.5 Å². The normalized spacial score (nSPS) is 15.5. The van der Waals surface area contributed by atoms with Crippen molar-refractivity contribution in [3.63, 3.8) is 0 Å². The van der Waals surface area contributed by atoms with Crippen LogP contribution in [0.3, 0.4) is 0 Å². The van der Waals surface area contributed by atoms with Crippen LogP contribution in [0.5, 0.6) is 0 Å². The Morgan fingerprint density at radius 2 is 1.35 bits per heavy atom. The second kappa shape index (κ2) is 14.0. The Morgan fingerprint density at radius 1 is 0.892 bits per heavy atom. The molecule has 0 aliphatic carbocycles. The summed E-state index contributed by atoms with van der Waals surface area (Å²) >= 11 is 0. The third-order valence-electron chi connectivity index (χ3n) is 4.72. The van der Waals surface area contributed by atoms with E-state index < -0.39 is 90.1 Å². The van der Waals surface area contributed by atoms with Gasteiger partial charge in [-0.25, -0.2) is 26.3 Å². The van der Waals surface area contributed by atoms with Crippen LogP contribution in [0.1, 0.15) is 39.5 Å². The monoisotopic (exact) mass is 596 g/mol. The van der Waals surface area contributed by atoms with E-state index in [0.717, 1.165) is 0 Å². The number of aliphatic carboxylic acids is 1. The molecule has 19 heteroatoms. The molecule has 2 N–H and O–H groups in total. The maximum Gasteiger partial charge on any atom is 0.431 e. The fourth-order valence-corrected chi connectivity index (χ4v) is 3.97. The summed E-state index contributed by atoms with van der Waals surface area (Å²) in [5.74, 6) is -11.8. The Morgan fingerprint density at radius 3 is 1.73 bits per heavy atom. The number of carbonyl (C=O) groups is 1. The maximum atomic E-state index is 14.0.